The number of hydrogen-bond acceptors (Lipinski definition) is 6. The van der Waals surface area contributed by atoms with Crippen LogP contribution in [0.5, 0.6) is 0 Å². The fourth-order valence-electron chi connectivity index (χ4n) is 2.86. The van der Waals surface area contributed by atoms with Gasteiger partial charge in [-0.25, -0.2) is 9.59 Å². The number of Topliss-reactive ketones (excluding diaryl/α,β-unsaturated/α-hetero) is 1. The van der Waals surface area contributed by atoms with Crippen LogP contribution in [0.25, 0.3) is 0 Å². The second-order valence-electron chi connectivity index (χ2n) is 8.26. The first-order valence-electron chi connectivity index (χ1n) is 10.2. The normalized spacial score (nSPS) is 11.7. The van der Waals surface area contributed by atoms with Crippen molar-refractivity contribution in [3.05, 3.63) is 65.7 Å². The van der Waals surface area contributed by atoms with Crippen LogP contribution in [0.15, 0.2) is 54.6 Å². The Morgan fingerprint density at radius 1 is 1.03 bits per heavy atom. The maximum Gasteiger partial charge on any atom is 0.408 e. The van der Waals surface area contributed by atoms with Crippen LogP contribution in [0.2, 0.25) is 0 Å². The van der Waals surface area contributed by atoms with Gasteiger partial charge in [0.2, 0.25) is 5.91 Å². The van der Waals surface area contributed by atoms with E-state index in [0.29, 0.717) is 0 Å². The number of ketones is 1. The molecule has 0 saturated carbocycles. The molecule has 9 heteroatoms. The fraction of sp³-hybridized carbons (Fsp3) is 0.292. The van der Waals surface area contributed by atoms with Crippen LogP contribution < -0.4 is 10.6 Å². The van der Waals surface area contributed by atoms with Crippen LogP contribution in [0.3, 0.4) is 0 Å². The number of carboxylic acid groups (broad SMARTS) is 1. The van der Waals surface area contributed by atoms with E-state index in [0.717, 1.165) is 5.56 Å². The molecule has 0 aromatic heterocycles. The summed E-state index contributed by atoms with van der Waals surface area (Å²) >= 11 is 5.32. The van der Waals surface area contributed by atoms with Crippen molar-refractivity contribution in [2.75, 3.05) is 11.9 Å². The van der Waals surface area contributed by atoms with E-state index < -0.39 is 41.8 Å². The SMILES string of the molecule is CC(C)(C)OC(=O)NCC(=O)C(=S)C(Cc1ccccc1)C(=O)Nc1cccc(C(=O)O)c1. The third-order valence-electron chi connectivity index (χ3n) is 4.36. The van der Waals surface area contributed by atoms with Crippen molar-refractivity contribution in [3.8, 4) is 0 Å². The highest BCUT2D eigenvalue weighted by molar-refractivity contribution is 7.82. The number of nitrogens with one attached hydrogen (secondary N) is 2. The molecule has 174 valence electrons. The number of benzene rings is 2. The van der Waals surface area contributed by atoms with Gasteiger partial charge in [-0.1, -0.05) is 48.6 Å². The number of thiocarbonyl (C=S) groups is 1. The first kappa shape index (κ1) is 25.7. The van der Waals surface area contributed by atoms with E-state index in [1.807, 2.05) is 6.07 Å². The zero-order valence-electron chi connectivity index (χ0n) is 18.6. The maximum absolute atomic E-state index is 13.1. The molecule has 33 heavy (non-hydrogen) atoms. The highest BCUT2D eigenvalue weighted by atomic mass is 32.1. The zero-order chi connectivity index (χ0) is 24.6. The van der Waals surface area contributed by atoms with Crippen LogP contribution in [0.4, 0.5) is 10.5 Å². The minimum Gasteiger partial charge on any atom is -0.478 e. The minimum atomic E-state index is -1.13. The summed E-state index contributed by atoms with van der Waals surface area (Å²) in [5.41, 5.74) is 0.327. The molecule has 2 aromatic rings. The van der Waals surface area contributed by atoms with Crippen LogP contribution in [0, 0.1) is 5.92 Å². The van der Waals surface area contributed by atoms with Crippen molar-refractivity contribution in [2.24, 2.45) is 5.92 Å². The summed E-state index contributed by atoms with van der Waals surface area (Å²) in [5.74, 6) is -3.29. The van der Waals surface area contributed by atoms with E-state index in [1.54, 1.807) is 51.1 Å². The van der Waals surface area contributed by atoms with Gasteiger partial charge in [0.15, 0.2) is 5.78 Å². The first-order valence-corrected chi connectivity index (χ1v) is 10.6. The molecule has 1 atom stereocenters. The van der Waals surface area contributed by atoms with Crippen molar-refractivity contribution in [1.82, 2.24) is 5.32 Å². The Hall–Kier alpha value is -3.59. The molecule has 1 unspecified atom stereocenters. The number of hydrogen-bond donors (Lipinski definition) is 3. The lowest BCUT2D eigenvalue weighted by molar-refractivity contribution is -0.119. The second kappa shape index (κ2) is 11.3. The third-order valence-corrected chi connectivity index (χ3v) is 4.87. The summed E-state index contributed by atoms with van der Waals surface area (Å²) in [7, 11) is 0. The number of carbonyl (C=O) groups excluding carboxylic acids is 3. The lowest BCUT2D eigenvalue weighted by Gasteiger charge is -2.20. The predicted octanol–water partition coefficient (Wildman–Crippen LogP) is 3.65. The van der Waals surface area contributed by atoms with Gasteiger partial charge in [-0.15, -0.1) is 0 Å². The van der Waals surface area contributed by atoms with E-state index in [1.165, 1.54) is 18.2 Å². The van der Waals surface area contributed by atoms with E-state index in [4.69, 9.17) is 22.1 Å². The van der Waals surface area contributed by atoms with Gasteiger partial charge in [0.05, 0.1) is 22.9 Å². The molecular weight excluding hydrogens is 444 g/mol. The predicted molar refractivity (Wildman–Crippen MR) is 128 cm³/mol. The van der Waals surface area contributed by atoms with Crippen LogP contribution >= 0.6 is 12.2 Å². The molecule has 3 N–H and O–H groups in total. The van der Waals surface area contributed by atoms with E-state index >= 15 is 0 Å². The number of carbonyl (C=O) groups is 4. The number of amides is 2. The Kier molecular flexibility index (Phi) is 8.81. The Labute approximate surface area is 197 Å². The largest absolute Gasteiger partial charge is 0.478 e. The van der Waals surface area contributed by atoms with Crippen molar-refractivity contribution in [2.45, 2.75) is 32.8 Å². The monoisotopic (exact) mass is 470 g/mol. The van der Waals surface area contributed by atoms with E-state index in [-0.39, 0.29) is 22.5 Å². The second-order valence-corrected chi connectivity index (χ2v) is 8.70. The van der Waals surface area contributed by atoms with Gasteiger partial charge in [0.25, 0.3) is 0 Å². The number of carboxylic acids is 1. The number of alkyl carbamates (subject to hydrolysis) is 1. The van der Waals surface area contributed by atoms with Gasteiger partial charge in [0, 0.05) is 5.69 Å². The Balaban J connectivity index is 2.17. The van der Waals surface area contributed by atoms with E-state index in [2.05, 4.69) is 10.6 Å². The molecule has 2 aromatic carbocycles. The van der Waals surface area contributed by atoms with Crippen LogP contribution in [0.1, 0.15) is 36.7 Å². The molecule has 0 bridgehead atoms. The molecular formula is C24H26N2O6S. The summed E-state index contributed by atoms with van der Waals surface area (Å²) in [4.78, 5) is 48.6. The highest BCUT2D eigenvalue weighted by Gasteiger charge is 2.29. The lowest BCUT2D eigenvalue weighted by Crippen LogP contribution is -2.41. The standard InChI is InChI=1S/C24H26N2O6S/c1-24(2,3)32-23(31)25-14-19(27)20(33)18(12-15-8-5-4-6-9-15)21(28)26-17-11-7-10-16(13-17)22(29)30/h4-11,13,18H,12,14H2,1-3H3,(H,25,31)(H,26,28)(H,29,30). The molecule has 0 fully saturated rings. The molecule has 0 spiro atoms. The molecule has 2 amide bonds. The lowest BCUT2D eigenvalue weighted by atomic mass is 9.93. The Morgan fingerprint density at radius 2 is 1.70 bits per heavy atom. The van der Waals surface area contributed by atoms with Crippen molar-refractivity contribution < 1.29 is 29.0 Å². The number of anilines is 1. The maximum atomic E-state index is 13.1. The van der Waals surface area contributed by atoms with Crippen molar-refractivity contribution in [1.29, 1.82) is 0 Å². The summed E-state index contributed by atoms with van der Waals surface area (Å²) in [6, 6.07) is 14.8. The number of aromatic carboxylic acids is 1. The molecule has 2 rings (SSSR count). The molecule has 0 aliphatic heterocycles. The number of ether oxygens (including phenoxy) is 1. The molecule has 0 aliphatic rings. The third kappa shape index (κ3) is 8.46. The quantitative estimate of drug-likeness (QED) is 0.478. The molecule has 0 radical (unpaired) electrons. The number of rotatable bonds is 9. The first-order chi connectivity index (χ1) is 15.5. The fourth-order valence-corrected chi connectivity index (χ4v) is 3.12. The summed E-state index contributed by atoms with van der Waals surface area (Å²) < 4.78 is 5.11. The molecule has 0 heterocycles. The minimum absolute atomic E-state index is 0.00706. The van der Waals surface area contributed by atoms with E-state index in [9.17, 15) is 19.2 Å². The van der Waals surface area contributed by atoms with Crippen LogP contribution in [-0.2, 0) is 20.7 Å². The summed E-state index contributed by atoms with van der Waals surface area (Å²) in [6.07, 6.45) is -0.615. The Bertz CT molecular complexity index is 1050. The highest BCUT2D eigenvalue weighted by Crippen LogP contribution is 2.17. The van der Waals surface area contributed by atoms with Crippen molar-refractivity contribution in [3.63, 3.8) is 0 Å². The Morgan fingerprint density at radius 3 is 2.30 bits per heavy atom. The topological polar surface area (TPSA) is 122 Å². The zero-order valence-corrected chi connectivity index (χ0v) is 19.4. The summed E-state index contributed by atoms with van der Waals surface area (Å²) in [5, 5.41) is 14.1. The van der Waals surface area contributed by atoms with Gasteiger partial charge < -0.3 is 20.5 Å². The molecule has 8 nitrogen and oxygen atoms in total. The van der Waals surface area contributed by atoms with Gasteiger partial charge in [-0.05, 0) is 51.0 Å². The van der Waals surface area contributed by atoms with Gasteiger partial charge >= 0.3 is 12.1 Å². The summed E-state index contributed by atoms with van der Waals surface area (Å²) in [6.45, 7) is 4.66. The average molecular weight is 471 g/mol. The van der Waals surface area contributed by atoms with Crippen LogP contribution in [-0.4, -0.2) is 45.9 Å². The van der Waals surface area contributed by atoms with Gasteiger partial charge in [0.1, 0.15) is 5.60 Å². The van der Waals surface area contributed by atoms with Gasteiger partial charge in [-0.3, -0.25) is 9.59 Å². The smallest absolute Gasteiger partial charge is 0.408 e. The average Bonchev–Trinajstić information content (AvgIpc) is 2.75. The molecule has 0 aliphatic carbocycles. The molecule has 0 saturated heterocycles. The van der Waals surface area contributed by atoms with Crippen molar-refractivity contribution >= 4 is 46.5 Å². The van der Waals surface area contributed by atoms with Gasteiger partial charge in [-0.2, -0.15) is 0 Å².